The van der Waals surface area contributed by atoms with Gasteiger partial charge < -0.3 is 5.32 Å². The van der Waals surface area contributed by atoms with Crippen molar-refractivity contribution in [1.29, 1.82) is 0 Å². The third kappa shape index (κ3) is 2.11. The summed E-state index contributed by atoms with van der Waals surface area (Å²) in [4.78, 5) is 16.3. The summed E-state index contributed by atoms with van der Waals surface area (Å²) < 4.78 is 15.0. The summed E-state index contributed by atoms with van der Waals surface area (Å²) in [6.45, 7) is 1.81. The van der Waals surface area contributed by atoms with Crippen LogP contribution >= 0.6 is 0 Å². The fourth-order valence-corrected chi connectivity index (χ4v) is 1.93. The minimum absolute atomic E-state index is 0.131. The van der Waals surface area contributed by atoms with Crippen LogP contribution < -0.4 is 5.32 Å². The van der Waals surface area contributed by atoms with E-state index >= 15 is 0 Å². The smallest absolute Gasteiger partial charge is 0.274 e. The second-order valence-electron chi connectivity index (χ2n) is 4.32. The first-order valence-corrected chi connectivity index (χ1v) is 6.02. The molecule has 1 N–H and O–H groups in total. The van der Waals surface area contributed by atoms with Gasteiger partial charge in [-0.15, -0.1) is 0 Å². The molecule has 0 unspecified atom stereocenters. The molecule has 0 saturated carbocycles. The lowest BCUT2D eigenvalue weighted by Crippen LogP contribution is -2.17. The lowest BCUT2D eigenvalue weighted by Gasteiger charge is -2.07. The van der Waals surface area contributed by atoms with Crippen LogP contribution in [0.25, 0.3) is 5.65 Å². The molecule has 2 aromatic heterocycles. The van der Waals surface area contributed by atoms with E-state index < -0.39 is 11.7 Å². The number of carbonyl (C=O) groups excluding carboxylic acids is 1. The van der Waals surface area contributed by atoms with Gasteiger partial charge in [0.1, 0.15) is 11.5 Å². The lowest BCUT2D eigenvalue weighted by atomic mass is 10.3. The SMILES string of the molecule is Cc1cc2nccc(C(=O)Nc3ccccc3F)n2n1. The van der Waals surface area contributed by atoms with E-state index in [2.05, 4.69) is 15.4 Å². The van der Waals surface area contributed by atoms with Crippen molar-refractivity contribution in [3.63, 3.8) is 0 Å². The lowest BCUT2D eigenvalue weighted by molar-refractivity contribution is 0.101. The molecule has 3 rings (SSSR count). The van der Waals surface area contributed by atoms with E-state index in [1.807, 2.05) is 6.92 Å². The van der Waals surface area contributed by atoms with Crippen LogP contribution in [0.1, 0.15) is 16.2 Å². The normalized spacial score (nSPS) is 10.7. The Hall–Kier alpha value is -2.76. The second-order valence-corrected chi connectivity index (χ2v) is 4.32. The fourth-order valence-electron chi connectivity index (χ4n) is 1.93. The van der Waals surface area contributed by atoms with Gasteiger partial charge in [0.05, 0.1) is 11.4 Å². The number of rotatable bonds is 2. The summed E-state index contributed by atoms with van der Waals surface area (Å²) in [5.74, 6) is -0.923. The molecule has 1 amide bonds. The molecule has 0 bridgehead atoms. The van der Waals surface area contributed by atoms with Gasteiger partial charge in [-0.05, 0) is 25.1 Å². The third-order valence-corrected chi connectivity index (χ3v) is 2.83. The largest absolute Gasteiger partial charge is 0.318 e. The molecule has 0 spiro atoms. The summed E-state index contributed by atoms with van der Waals surface area (Å²) >= 11 is 0. The Morgan fingerprint density at radius 1 is 1.30 bits per heavy atom. The Bertz CT molecular complexity index is 797. The number of para-hydroxylation sites is 1. The Labute approximate surface area is 114 Å². The van der Waals surface area contributed by atoms with Gasteiger partial charge in [0.25, 0.3) is 5.91 Å². The average Bonchev–Trinajstić information content (AvgIpc) is 2.81. The van der Waals surface area contributed by atoms with Gasteiger partial charge in [0.15, 0.2) is 5.65 Å². The highest BCUT2D eigenvalue weighted by molar-refractivity contribution is 6.03. The first kappa shape index (κ1) is 12.3. The number of anilines is 1. The third-order valence-electron chi connectivity index (χ3n) is 2.83. The van der Waals surface area contributed by atoms with Crippen LogP contribution in [-0.2, 0) is 0 Å². The minimum atomic E-state index is -0.484. The van der Waals surface area contributed by atoms with Crippen LogP contribution in [0.2, 0.25) is 0 Å². The Balaban J connectivity index is 1.99. The van der Waals surface area contributed by atoms with Crippen LogP contribution in [0.3, 0.4) is 0 Å². The number of fused-ring (bicyclic) bond motifs is 1. The van der Waals surface area contributed by atoms with E-state index in [-0.39, 0.29) is 5.69 Å². The molecule has 3 aromatic rings. The molecule has 0 aliphatic carbocycles. The van der Waals surface area contributed by atoms with E-state index in [0.717, 1.165) is 5.69 Å². The minimum Gasteiger partial charge on any atom is -0.318 e. The predicted molar refractivity (Wildman–Crippen MR) is 72.1 cm³/mol. The van der Waals surface area contributed by atoms with Crippen molar-refractivity contribution < 1.29 is 9.18 Å². The van der Waals surface area contributed by atoms with Crippen LogP contribution in [-0.4, -0.2) is 20.5 Å². The average molecular weight is 270 g/mol. The zero-order valence-electron chi connectivity index (χ0n) is 10.7. The number of aryl methyl sites for hydroxylation is 1. The van der Waals surface area contributed by atoms with Crippen LogP contribution in [0.15, 0.2) is 42.6 Å². The second kappa shape index (κ2) is 4.73. The fraction of sp³-hybridized carbons (Fsp3) is 0.0714. The number of carbonyl (C=O) groups is 1. The summed E-state index contributed by atoms with van der Waals surface area (Å²) in [5.41, 5.74) is 1.75. The van der Waals surface area contributed by atoms with Crippen molar-refractivity contribution in [3.05, 3.63) is 59.8 Å². The first-order chi connectivity index (χ1) is 9.65. The maximum absolute atomic E-state index is 13.5. The van der Waals surface area contributed by atoms with Crippen molar-refractivity contribution in [1.82, 2.24) is 14.6 Å². The molecular weight excluding hydrogens is 259 g/mol. The van der Waals surface area contributed by atoms with E-state index in [1.165, 1.54) is 28.9 Å². The topological polar surface area (TPSA) is 59.3 Å². The van der Waals surface area contributed by atoms with Crippen molar-refractivity contribution in [2.45, 2.75) is 6.92 Å². The number of amides is 1. The highest BCUT2D eigenvalue weighted by Crippen LogP contribution is 2.14. The van der Waals surface area contributed by atoms with E-state index in [0.29, 0.717) is 11.3 Å². The maximum atomic E-state index is 13.5. The number of benzene rings is 1. The number of halogens is 1. The van der Waals surface area contributed by atoms with Gasteiger partial charge in [-0.25, -0.2) is 13.9 Å². The van der Waals surface area contributed by atoms with Crippen molar-refractivity contribution in [2.75, 3.05) is 5.32 Å². The number of hydrogen-bond donors (Lipinski definition) is 1. The quantitative estimate of drug-likeness (QED) is 0.778. The molecule has 0 aliphatic heterocycles. The molecular formula is C14H11FN4O. The van der Waals surface area contributed by atoms with Crippen molar-refractivity contribution in [3.8, 4) is 0 Å². The zero-order chi connectivity index (χ0) is 14.1. The number of hydrogen-bond acceptors (Lipinski definition) is 3. The number of nitrogens with zero attached hydrogens (tertiary/aromatic N) is 3. The monoisotopic (exact) mass is 270 g/mol. The van der Waals surface area contributed by atoms with Gasteiger partial charge in [-0.3, -0.25) is 4.79 Å². The van der Waals surface area contributed by atoms with E-state index in [4.69, 9.17) is 0 Å². The zero-order valence-corrected chi connectivity index (χ0v) is 10.7. The van der Waals surface area contributed by atoms with Gasteiger partial charge in [0, 0.05) is 12.3 Å². The highest BCUT2D eigenvalue weighted by Gasteiger charge is 2.13. The molecule has 20 heavy (non-hydrogen) atoms. The van der Waals surface area contributed by atoms with Gasteiger partial charge >= 0.3 is 0 Å². The van der Waals surface area contributed by atoms with Crippen molar-refractivity contribution >= 4 is 17.2 Å². The summed E-state index contributed by atoms with van der Waals surface area (Å²) in [7, 11) is 0. The number of aromatic nitrogens is 3. The van der Waals surface area contributed by atoms with Gasteiger partial charge in [-0.1, -0.05) is 12.1 Å². The maximum Gasteiger partial charge on any atom is 0.274 e. The molecule has 0 aliphatic rings. The molecule has 100 valence electrons. The molecule has 0 radical (unpaired) electrons. The molecule has 0 fully saturated rings. The highest BCUT2D eigenvalue weighted by atomic mass is 19.1. The standard InChI is InChI=1S/C14H11FN4O/c1-9-8-13-16-7-6-12(19(13)18-9)14(20)17-11-5-3-2-4-10(11)15/h2-8H,1H3,(H,17,20). The Morgan fingerprint density at radius 2 is 2.10 bits per heavy atom. The molecule has 0 saturated heterocycles. The molecule has 1 aromatic carbocycles. The van der Waals surface area contributed by atoms with Crippen LogP contribution in [0, 0.1) is 12.7 Å². The van der Waals surface area contributed by atoms with Crippen molar-refractivity contribution in [2.24, 2.45) is 0 Å². The van der Waals surface area contributed by atoms with Gasteiger partial charge in [0.2, 0.25) is 0 Å². The molecule has 6 heteroatoms. The van der Waals surface area contributed by atoms with Gasteiger partial charge in [-0.2, -0.15) is 5.10 Å². The first-order valence-electron chi connectivity index (χ1n) is 6.02. The van der Waals surface area contributed by atoms with E-state index in [1.54, 1.807) is 18.2 Å². The van der Waals surface area contributed by atoms with E-state index in [9.17, 15) is 9.18 Å². The van der Waals surface area contributed by atoms with Crippen LogP contribution in [0.5, 0.6) is 0 Å². The molecule has 0 atom stereocenters. The number of nitrogens with one attached hydrogen (secondary N) is 1. The molecule has 5 nitrogen and oxygen atoms in total. The summed E-state index contributed by atoms with van der Waals surface area (Å²) in [5, 5.41) is 6.72. The Kier molecular flexibility index (Phi) is 2.90. The summed E-state index contributed by atoms with van der Waals surface area (Å²) in [6, 6.07) is 9.30. The Morgan fingerprint density at radius 3 is 2.90 bits per heavy atom. The van der Waals surface area contributed by atoms with Crippen LogP contribution in [0.4, 0.5) is 10.1 Å². The predicted octanol–water partition coefficient (Wildman–Crippen LogP) is 2.43. The summed E-state index contributed by atoms with van der Waals surface area (Å²) in [6.07, 6.45) is 1.52. The molecule has 2 heterocycles.